The van der Waals surface area contributed by atoms with Crippen LogP contribution in [0.2, 0.25) is 5.02 Å². The maximum atomic E-state index is 5.93. The Morgan fingerprint density at radius 2 is 2.12 bits per heavy atom. The van der Waals surface area contributed by atoms with Crippen molar-refractivity contribution in [3.05, 3.63) is 28.8 Å². The van der Waals surface area contributed by atoms with Crippen molar-refractivity contribution in [1.82, 2.24) is 0 Å². The van der Waals surface area contributed by atoms with Crippen LogP contribution >= 0.6 is 11.6 Å². The first-order chi connectivity index (χ1) is 8.15. The second-order valence-electron chi connectivity index (χ2n) is 3.87. The Morgan fingerprint density at radius 1 is 1.35 bits per heavy atom. The Labute approximate surface area is 108 Å². The van der Waals surface area contributed by atoms with Crippen LogP contribution in [0.15, 0.2) is 18.2 Å². The first-order valence-corrected chi connectivity index (χ1v) is 6.28. The van der Waals surface area contributed by atoms with Crippen LogP contribution < -0.4 is 10.5 Å². The van der Waals surface area contributed by atoms with E-state index in [1.807, 2.05) is 32.0 Å². The normalized spacial score (nSPS) is 12.5. The average Bonchev–Trinajstić information content (AvgIpc) is 2.30. The first-order valence-electron chi connectivity index (χ1n) is 5.90. The molecule has 0 saturated heterocycles. The predicted octanol–water partition coefficient (Wildman–Crippen LogP) is 3.17. The van der Waals surface area contributed by atoms with E-state index in [4.69, 9.17) is 26.8 Å². The Kier molecular flexibility index (Phi) is 6.34. The first kappa shape index (κ1) is 14.3. The molecule has 0 aliphatic rings. The van der Waals surface area contributed by atoms with Crippen molar-refractivity contribution in [2.24, 2.45) is 5.73 Å². The van der Waals surface area contributed by atoms with Gasteiger partial charge in [0.15, 0.2) is 0 Å². The van der Waals surface area contributed by atoms with Gasteiger partial charge in [-0.3, -0.25) is 0 Å². The highest BCUT2D eigenvalue weighted by molar-refractivity contribution is 6.30. The maximum Gasteiger partial charge on any atom is 0.124 e. The molecule has 1 aromatic rings. The molecule has 1 rings (SSSR count). The molecule has 0 aliphatic heterocycles. The van der Waals surface area contributed by atoms with E-state index in [0.717, 1.165) is 30.9 Å². The van der Waals surface area contributed by atoms with E-state index < -0.39 is 0 Å². The number of hydrogen-bond donors (Lipinski definition) is 1. The van der Waals surface area contributed by atoms with Crippen molar-refractivity contribution in [1.29, 1.82) is 0 Å². The zero-order valence-electron chi connectivity index (χ0n) is 10.4. The Morgan fingerprint density at radius 3 is 2.76 bits per heavy atom. The lowest BCUT2D eigenvalue weighted by atomic mass is 10.1. The lowest BCUT2D eigenvalue weighted by Crippen LogP contribution is -2.09. The van der Waals surface area contributed by atoms with Crippen molar-refractivity contribution < 1.29 is 9.47 Å². The average molecular weight is 258 g/mol. The molecule has 96 valence electrons. The van der Waals surface area contributed by atoms with Gasteiger partial charge in [-0.15, -0.1) is 0 Å². The zero-order valence-corrected chi connectivity index (χ0v) is 11.2. The lowest BCUT2D eigenvalue weighted by Gasteiger charge is -2.14. The molecule has 2 N–H and O–H groups in total. The summed E-state index contributed by atoms with van der Waals surface area (Å²) in [5, 5.41) is 0.680. The summed E-state index contributed by atoms with van der Waals surface area (Å²) in [6, 6.07) is 5.44. The van der Waals surface area contributed by atoms with E-state index in [1.54, 1.807) is 0 Å². The summed E-state index contributed by atoms with van der Waals surface area (Å²) in [7, 11) is 0. The summed E-state index contributed by atoms with van der Waals surface area (Å²) in [5.74, 6) is 0.806. The highest BCUT2D eigenvalue weighted by atomic mass is 35.5. The molecule has 0 heterocycles. The SMILES string of the molecule is CCOCCCOc1ccc(Cl)cc1[C@@H](C)N. The highest BCUT2D eigenvalue weighted by Gasteiger charge is 2.08. The van der Waals surface area contributed by atoms with E-state index in [-0.39, 0.29) is 6.04 Å². The van der Waals surface area contributed by atoms with Crippen molar-refractivity contribution in [3.8, 4) is 5.75 Å². The molecule has 0 spiro atoms. The van der Waals surface area contributed by atoms with Crippen LogP contribution in [0.5, 0.6) is 5.75 Å². The van der Waals surface area contributed by atoms with Gasteiger partial charge >= 0.3 is 0 Å². The van der Waals surface area contributed by atoms with Gasteiger partial charge in [-0.2, -0.15) is 0 Å². The van der Waals surface area contributed by atoms with E-state index in [9.17, 15) is 0 Å². The molecule has 0 unspecified atom stereocenters. The molecule has 1 atom stereocenters. The Balaban J connectivity index is 2.52. The minimum absolute atomic E-state index is 0.0874. The van der Waals surface area contributed by atoms with E-state index in [0.29, 0.717) is 11.6 Å². The van der Waals surface area contributed by atoms with Gasteiger partial charge in [0.2, 0.25) is 0 Å². The van der Waals surface area contributed by atoms with Gasteiger partial charge in [0.1, 0.15) is 5.75 Å². The standard InChI is InChI=1S/C13H20ClNO2/c1-3-16-7-4-8-17-13-6-5-11(14)9-12(13)10(2)15/h5-6,9-10H,3-4,7-8,15H2,1-2H3/t10-/m1/s1. The van der Waals surface area contributed by atoms with Crippen LogP contribution in [0.4, 0.5) is 0 Å². The van der Waals surface area contributed by atoms with E-state index in [2.05, 4.69) is 0 Å². The third kappa shape index (κ3) is 4.94. The summed E-state index contributed by atoms with van der Waals surface area (Å²) in [6.45, 7) is 5.98. The van der Waals surface area contributed by atoms with Crippen molar-refractivity contribution in [2.45, 2.75) is 26.3 Å². The van der Waals surface area contributed by atoms with Crippen molar-refractivity contribution in [2.75, 3.05) is 19.8 Å². The molecular formula is C13H20ClNO2. The Hall–Kier alpha value is -0.770. The van der Waals surface area contributed by atoms with E-state index in [1.165, 1.54) is 0 Å². The molecule has 1 aromatic carbocycles. The number of hydrogen-bond acceptors (Lipinski definition) is 3. The monoisotopic (exact) mass is 257 g/mol. The van der Waals surface area contributed by atoms with Crippen LogP contribution in [-0.2, 0) is 4.74 Å². The number of nitrogens with two attached hydrogens (primary N) is 1. The topological polar surface area (TPSA) is 44.5 Å². The zero-order chi connectivity index (χ0) is 12.7. The summed E-state index contributed by atoms with van der Waals surface area (Å²) >= 11 is 5.93. The predicted molar refractivity (Wildman–Crippen MR) is 70.7 cm³/mol. The van der Waals surface area contributed by atoms with Crippen molar-refractivity contribution in [3.63, 3.8) is 0 Å². The molecule has 0 aliphatic carbocycles. The molecular weight excluding hydrogens is 238 g/mol. The van der Waals surface area contributed by atoms with Gasteiger partial charge < -0.3 is 15.2 Å². The number of benzene rings is 1. The van der Waals surface area contributed by atoms with Crippen molar-refractivity contribution >= 4 is 11.6 Å². The van der Waals surface area contributed by atoms with Crippen LogP contribution in [0.25, 0.3) is 0 Å². The molecule has 0 bridgehead atoms. The van der Waals surface area contributed by atoms with Crippen LogP contribution in [0.3, 0.4) is 0 Å². The number of rotatable bonds is 7. The van der Waals surface area contributed by atoms with Gasteiger partial charge in [0.05, 0.1) is 6.61 Å². The fourth-order valence-corrected chi connectivity index (χ4v) is 1.67. The summed E-state index contributed by atoms with van der Waals surface area (Å²) < 4.78 is 10.9. The summed E-state index contributed by atoms with van der Waals surface area (Å²) in [4.78, 5) is 0. The molecule has 0 aromatic heterocycles. The maximum absolute atomic E-state index is 5.93. The number of halogens is 1. The largest absolute Gasteiger partial charge is 0.493 e. The van der Waals surface area contributed by atoms with Crippen LogP contribution in [-0.4, -0.2) is 19.8 Å². The van der Waals surface area contributed by atoms with Crippen LogP contribution in [0, 0.1) is 0 Å². The Bertz CT molecular complexity index is 342. The molecule has 0 fully saturated rings. The van der Waals surface area contributed by atoms with Crippen LogP contribution in [0.1, 0.15) is 31.9 Å². The summed E-state index contributed by atoms with van der Waals surface area (Å²) in [5.41, 5.74) is 6.81. The number of ether oxygens (including phenoxy) is 2. The van der Waals surface area contributed by atoms with Gasteiger partial charge in [0, 0.05) is 36.3 Å². The minimum atomic E-state index is -0.0874. The molecule has 4 heteroatoms. The molecule has 0 radical (unpaired) electrons. The smallest absolute Gasteiger partial charge is 0.124 e. The third-order valence-electron chi connectivity index (χ3n) is 2.36. The van der Waals surface area contributed by atoms with Gasteiger partial charge in [-0.1, -0.05) is 11.6 Å². The quantitative estimate of drug-likeness (QED) is 0.763. The van der Waals surface area contributed by atoms with Gasteiger partial charge in [-0.25, -0.2) is 0 Å². The highest BCUT2D eigenvalue weighted by Crippen LogP contribution is 2.27. The molecule has 17 heavy (non-hydrogen) atoms. The molecule has 3 nitrogen and oxygen atoms in total. The second-order valence-corrected chi connectivity index (χ2v) is 4.31. The van der Waals surface area contributed by atoms with Gasteiger partial charge in [0.25, 0.3) is 0 Å². The third-order valence-corrected chi connectivity index (χ3v) is 2.59. The minimum Gasteiger partial charge on any atom is -0.493 e. The molecule has 0 saturated carbocycles. The lowest BCUT2D eigenvalue weighted by molar-refractivity contribution is 0.130. The van der Waals surface area contributed by atoms with E-state index >= 15 is 0 Å². The second kappa shape index (κ2) is 7.54. The fraction of sp³-hybridized carbons (Fsp3) is 0.538. The van der Waals surface area contributed by atoms with Gasteiger partial charge in [-0.05, 0) is 32.0 Å². The molecule has 0 amide bonds. The summed E-state index contributed by atoms with van der Waals surface area (Å²) in [6.07, 6.45) is 0.870. The fourth-order valence-electron chi connectivity index (χ4n) is 1.49.